The molecule has 0 aliphatic rings. The van der Waals surface area contributed by atoms with Crippen molar-refractivity contribution in [3.63, 3.8) is 0 Å². The van der Waals surface area contributed by atoms with Gasteiger partial charge in [0.1, 0.15) is 22.9 Å². The van der Waals surface area contributed by atoms with E-state index in [1.54, 1.807) is 0 Å². The van der Waals surface area contributed by atoms with Crippen molar-refractivity contribution in [1.29, 1.82) is 0 Å². The van der Waals surface area contributed by atoms with Gasteiger partial charge in [0.05, 0.1) is 17.2 Å². The Morgan fingerprint density at radius 2 is 1.70 bits per heavy atom. The first kappa shape index (κ1) is 27.9. The summed E-state index contributed by atoms with van der Waals surface area (Å²) in [5.41, 5.74) is 0.278. The summed E-state index contributed by atoms with van der Waals surface area (Å²) in [6.45, 7) is 4.51. The summed E-state index contributed by atoms with van der Waals surface area (Å²) in [5.74, 6) is -2.06. The molecule has 0 radical (unpaired) electrons. The van der Waals surface area contributed by atoms with Gasteiger partial charge in [0.15, 0.2) is 6.29 Å². The maximum Gasteiger partial charge on any atom is 0.341 e. The molecule has 0 aromatic heterocycles. The van der Waals surface area contributed by atoms with Crippen LogP contribution in [0.5, 0.6) is 11.5 Å². The van der Waals surface area contributed by atoms with E-state index in [2.05, 4.69) is 4.72 Å². The third-order valence-electron chi connectivity index (χ3n) is 5.18. The van der Waals surface area contributed by atoms with E-state index in [0.29, 0.717) is 19.6 Å². The fraction of sp³-hybridized carbons (Fsp3) is 0.269. The zero-order chi connectivity index (χ0) is 27.0. The van der Waals surface area contributed by atoms with Gasteiger partial charge < -0.3 is 24.4 Å². The highest BCUT2D eigenvalue weighted by Gasteiger charge is 2.19. The summed E-state index contributed by atoms with van der Waals surface area (Å²) < 4.78 is 57.8. The number of hydrogen-bond donors (Lipinski definition) is 3. The molecule has 37 heavy (non-hydrogen) atoms. The van der Waals surface area contributed by atoms with Crippen LogP contribution in [0.3, 0.4) is 0 Å². The van der Waals surface area contributed by atoms with Crippen LogP contribution in [0.1, 0.15) is 30.6 Å². The molecule has 0 unspecified atom stereocenters. The first-order chi connectivity index (χ1) is 17.6. The van der Waals surface area contributed by atoms with Gasteiger partial charge in [-0.1, -0.05) is 12.1 Å². The number of nitrogens with one attached hydrogen (secondary N) is 1. The first-order valence-corrected chi connectivity index (χ1v) is 13.0. The van der Waals surface area contributed by atoms with Gasteiger partial charge in [-0.15, -0.1) is 0 Å². The topological polar surface area (TPSA) is 131 Å². The predicted octanol–water partition coefficient (Wildman–Crippen LogP) is 4.65. The summed E-state index contributed by atoms with van der Waals surface area (Å²) >= 11 is 0. The fourth-order valence-electron chi connectivity index (χ4n) is 3.46. The van der Waals surface area contributed by atoms with E-state index >= 15 is 0 Å². The van der Waals surface area contributed by atoms with Crippen molar-refractivity contribution in [3.05, 3.63) is 72.0 Å². The average Bonchev–Trinajstić information content (AvgIpc) is 2.85. The number of phenolic OH excluding ortho intramolecular Hbond substituents is 2. The Morgan fingerprint density at radius 3 is 2.38 bits per heavy atom. The number of halogens is 1. The lowest BCUT2D eigenvalue weighted by molar-refractivity contribution is -0.144. The maximum absolute atomic E-state index is 13.6. The second kappa shape index (κ2) is 12.5. The molecule has 0 aliphatic heterocycles. The Bertz CT molecular complexity index is 1340. The maximum atomic E-state index is 13.6. The lowest BCUT2D eigenvalue weighted by atomic mass is 10.0. The van der Waals surface area contributed by atoms with E-state index in [4.69, 9.17) is 14.2 Å². The van der Waals surface area contributed by atoms with Crippen molar-refractivity contribution < 1.29 is 42.0 Å². The van der Waals surface area contributed by atoms with Crippen molar-refractivity contribution in [1.82, 2.24) is 0 Å². The van der Waals surface area contributed by atoms with Gasteiger partial charge in [-0.25, -0.2) is 17.6 Å². The third kappa shape index (κ3) is 7.42. The molecule has 0 amide bonds. The van der Waals surface area contributed by atoms with E-state index in [9.17, 15) is 27.8 Å². The highest BCUT2D eigenvalue weighted by atomic mass is 32.2. The molecule has 0 bridgehead atoms. The van der Waals surface area contributed by atoms with Gasteiger partial charge in [-0.2, -0.15) is 0 Å². The fourth-order valence-corrected chi connectivity index (χ4v) is 4.56. The molecule has 0 atom stereocenters. The second-order valence-electron chi connectivity index (χ2n) is 7.79. The number of hydrogen-bond acceptors (Lipinski definition) is 8. The number of benzene rings is 3. The molecule has 3 rings (SSSR count). The summed E-state index contributed by atoms with van der Waals surface area (Å²) in [6, 6.07) is 12.6. The highest BCUT2D eigenvalue weighted by Crippen LogP contribution is 2.32. The number of esters is 1. The van der Waals surface area contributed by atoms with Gasteiger partial charge in [0.2, 0.25) is 0 Å². The van der Waals surface area contributed by atoms with Crippen LogP contribution in [-0.4, -0.2) is 50.7 Å². The molecule has 0 heterocycles. The molecule has 3 aromatic rings. The number of sulfonamides is 1. The third-order valence-corrected chi connectivity index (χ3v) is 6.55. The van der Waals surface area contributed by atoms with Crippen LogP contribution in [0.25, 0.3) is 11.1 Å². The van der Waals surface area contributed by atoms with E-state index in [0.717, 1.165) is 18.2 Å². The molecule has 9 nitrogen and oxygen atoms in total. The minimum Gasteiger partial charge on any atom is -0.507 e. The Morgan fingerprint density at radius 1 is 0.973 bits per heavy atom. The average molecular weight is 534 g/mol. The van der Waals surface area contributed by atoms with Crippen LogP contribution in [0.4, 0.5) is 10.1 Å². The van der Waals surface area contributed by atoms with Gasteiger partial charge in [0, 0.05) is 31.3 Å². The number of carbonyl (C=O) groups excluding carboxylic acids is 1. The Kier molecular flexibility index (Phi) is 9.45. The predicted molar refractivity (Wildman–Crippen MR) is 134 cm³/mol. The van der Waals surface area contributed by atoms with Gasteiger partial charge >= 0.3 is 5.97 Å². The van der Waals surface area contributed by atoms with E-state index in [-0.39, 0.29) is 39.6 Å². The van der Waals surface area contributed by atoms with Crippen LogP contribution >= 0.6 is 0 Å². The molecule has 11 heteroatoms. The van der Waals surface area contributed by atoms with Crippen LogP contribution in [0.15, 0.2) is 65.6 Å². The summed E-state index contributed by atoms with van der Waals surface area (Å²) in [5, 5.41) is 20.3. The molecule has 0 spiro atoms. The minimum absolute atomic E-state index is 0.000751. The van der Waals surface area contributed by atoms with Crippen LogP contribution < -0.4 is 4.72 Å². The summed E-state index contributed by atoms with van der Waals surface area (Å²) in [6.07, 6.45) is -0.213. The van der Waals surface area contributed by atoms with Crippen LogP contribution in [-0.2, 0) is 24.2 Å². The van der Waals surface area contributed by atoms with Crippen molar-refractivity contribution in [3.8, 4) is 22.6 Å². The van der Waals surface area contributed by atoms with Crippen molar-refractivity contribution in [2.24, 2.45) is 0 Å². The Hall–Kier alpha value is -3.67. The van der Waals surface area contributed by atoms with E-state index < -0.39 is 33.8 Å². The lowest BCUT2D eigenvalue weighted by Gasteiger charge is -2.16. The largest absolute Gasteiger partial charge is 0.507 e. The first-order valence-electron chi connectivity index (χ1n) is 11.5. The second-order valence-corrected chi connectivity index (χ2v) is 9.47. The molecule has 0 aliphatic carbocycles. The highest BCUT2D eigenvalue weighted by molar-refractivity contribution is 7.92. The summed E-state index contributed by atoms with van der Waals surface area (Å²) in [7, 11) is -4.13. The number of aromatic hydroxyl groups is 2. The van der Waals surface area contributed by atoms with Gasteiger partial charge in [-0.05, 0) is 61.9 Å². The zero-order valence-corrected chi connectivity index (χ0v) is 21.1. The lowest BCUT2D eigenvalue weighted by Crippen LogP contribution is -2.20. The molecular formula is C26H28FNO8S. The minimum atomic E-state index is -4.13. The molecular weight excluding hydrogens is 505 g/mol. The van der Waals surface area contributed by atoms with Gasteiger partial charge in [0.25, 0.3) is 10.0 Å². The quantitative estimate of drug-likeness (QED) is 0.226. The van der Waals surface area contributed by atoms with E-state index in [1.165, 1.54) is 42.5 Å². The smallest absolute Gasteiger partial charge is 0.341 e. The number of carbonyl (C=O) groups is 1. The number of phenols is 2. The zero-order valence-electron chi connectivity index (χ0n) is 20.3. The normalized spacial score (nSPS) is 11.5. The van der Waals surface area contributed by atoms with Crippen LogP contribution in [0, 0.1) is 5.82 Å². The van der Waals surface area contributed by atoms with Crippen molar-refractivity contribution in [2.75, 3.05) is 24.5 Å². The van der Waals surface area contributed by atoms with E-state index in [1.807, 2.05) is 13.8 Å². The molecule has 0 fully saturated rings. The molecule has 0 saturated carbocycles. The number of rotatable bonds is 12. The molecule has 0 saturated heterocycles. The molecule has 198 valence electrons. The monoisotopic (exact) mass is 533 g/mol. The number of anilines is 1. The standard InChI is InChI=1S/C26H28FNO8S/c1-3-34-25(35-4-2)12-13-36-26(31)21-10-9-19(16-24(21)30)28-37(32,33)20-7-5-6-17(14-20)22-15-18(27)8-11-23(22)29/h5-11,14-16,25,28-30H,3-4,12-13H2,1-2H3. The van der Waals surface area contributed by atoms with Gasteiger partial charge in [-0.3, -0.25) is 4.72 Å². The van der Waals surface area contributed by atoms with Crippen LogP contribution in [0.2, 0.25) is 0 Å². The SMILES string of the molecule is CCOC(CCOC(=O)c1ccc(NS(=O)(=O)c2cccc(-c3cc(F)ccc3O)c2)cc1O)OCC. The van der Waals surface area contributed by atoms with Crippen molar-refractivity contribution in [2.45, 2.75) is 31.5 Å². The number of ether oxygens (including phenoxy) is 3. The molecule has 3 aromatic carbocycles. The molecule has 3 N–H and O–H groups in total. The Labute approximate surface area is 214 Å². The Balaban J connectivity index is 1.71. The van der Waals surface area contributed by atoms with Crippen molar-refractivity contribution >= 4 is 21.7 Å². The summed E-state index contributed by atoms with van der Waals surface area (Å²) in [4.78, 5) is 12.2.